The van der Waals surface area contributed by atoms with E-state index in [0.29, 0.717) is 0 Å². The van der Waals surface area contributed by atoms with E-state index in [2.05, 4.69) is 189 Å². The smallest absolute Gasteiger partial charge is 0.0465 e. The largest absolute Gasteiger partial charge is 0.310 e. The van der Waals surface area contributed by atoms with E-state index >= 15 is 0 Å². The first-order chi connectivity index (χ1) is 27.1. The zero-order chi connectivity index (χ0) is 36.9. The molecule has 3 aliphatic rings. The average Bonchev–Trinajstić information content (AvgIpc) is 3.97. The van der Waals surface area contributed by atoms with Crippen molar-refractivity contribution in [3.8, 4) is 44.5 Å². The first kappa shape index (κ1) is 33.9. The molecule has 0 spiro atoms. The van der Waals surface area contributed by atoms with Crippen LogP contribution in [-0.2, 0) is 5.41 Å². The van der Waals surface area contributed by atoms with E-state index in [-0.39, 0.29) is 5.41 Å². The van der Waals surface area contributed by atoms with Gasteiger partial charge < -0.3 is 4.90 Å². The third-order valence-electron chi connectivity index (χ3n) is 13.7. The van der Waals surface area contributed by atoms with Crippen molar-refractivity contribution in [1.29, 1.82) is 0 Å². The summed E-state index contributed by atoms with van der Waals surface area (Å²) in [6.07, 6.45) is 7.79. The van der Waals surface area contributed by atoms with Gasteiger partial charge in [-0.15, -0.1) is 0 Å². The maximum atomic E-state index is 2.51. The fourth-order valence-electron chi connectivity index (χ4n) is 10.9. The minimum Gasteiger partial charge on any atom is -0.310 e. The maximum absolute atomic E-state index is 2.51. The van der Waals surface area contributed by atoms with Crippen molar-refractivity contribution < 1.29 is 0 Å². The number of benzene rings is 7. The van der Waals surface area contributed by atoms with Gasteiger partial charge in [-0.25, -0.2) is 0 Å². The van der Waals surface area contributed by atoms with Crippen LogP contribution in [-0.4, -0.2) is 0 Å². The predicted octanol–water partition coefficient (Wildman–Crippen LogP) is 15.1. The van der Waals surface area contributed by atoms with Crippen molar-refractivity contribution >= 4 is 17.1 Å². The second-order valence-electron chi connectivity index (χ2n) is 16.3. The van der Waals surface area contributed by atoms with Crippen LogP contribution in [0.15, 0.2) is 170 Å². The van der Waals surface area contributed by atoms with Crippen molar-refractivity contribution in [2.75, 3.05) is 4.90 Å². The lowest BCUT2D eigenvalue weighted by Gasteiger charge is -2.32. The highest BCUT2D eigenvalue weighted by Crippen LogP contribution is 2.55. The van der Waals surface area contributed by atoms with E-state index in [4.69, 9.17) is 0 Å². The molecule has 0 amide bonds. The zero-order valence-electron chi connectivity index (χ0n) is 32.1. The molecule has 3 aliphatic carbocycles. The second-order valence-corrected chi connectivity index (χ2v) is 16.3. The fraction of sp³-hybridized carbons (Fsp3) is 0.222. The minimum absolute atomic E-state index is 0.0120. The molecular formula is C54H49N. The summed E-state index contributed by atoms with van der Waals surface area (Å²) in [5, 5.41) is 0. The number of nitrogens with zero attached hydrogens (tertiary/aromatic N) is 1. The summed E-state index contributed by atoms with van der Waals surface area (Å²) >= 11 is 0. The molecule has 0 heterocycles. The molecule has 55 heavy (non-hydrogen) atoms. The van der Waals surface area contributed by atoms with Crippen LogP contribution in [0.4, 0.5) is 17.1 Å². The molecule has 0 aromatic heterocycles. The molecule has 2 fully saturated rings. The van der Waals surface area contributed by atoms with Crippen molar-refractivity contribution in [3.05, 3.63) is 187 Å². The molecule has 1 nitrogen and oxygen atoms in total. The second kappa shape index (κ2) is 13.9. The van der Waals surface area contributed by atoms with Crippen LogP contribution in [0, 0.1) is 11.8 Å². The van der Waals surface area contributed by atoms with E-state index in [1.165, 1.54) is 104 Å². The Morgan fingerprint density at radius 3 is 1.64 bits per heavy atom. The summed E-state index contributed by atoms with van der Waals surface area (Å²) in [5.74, 6) is 2.53. The molecule has 0 N–H and O–H groups in total. The van der Waals surface area contributed by atoms with Gasteiger partial charge in [0, 0.05) is 22.5 Å². The molecule has 270 valence electrons. The Balaban J connectivity index is 1.10. The van der Waals surface area contributed by atoms with E-state index in [0.717, 1.165) is 30.6 Å². The third-order valence-corrected chi connectivity index (χ3v) is 13.7. The van der Waals surface area contributed by atoms with Crippen LogP contribution in [0.3, 0.4) is 0 Å². The molecule has 10 rings (SSSR count). The Kier molecular flexibility index (Phi) is 8.55. The van der Waals surface area contributed by atoms with Crippen LogP contribution in [0.25, 0.3) is 44.5 Å². The lowest BCUT2D eigenvalue weighted by atomic mass is 9.74. The fourth-order valence-corrected chi connectivity index (χ4v) is 10.9. The highest BCUT2D eigenvalue weighted by atomic mass is 15.1. The topological polar surface area (TPSA) is 3.24 Å². The van der Waals surface area contributed by atoms with Crippen LogP contribution in [0.2, 0.25) is 0 Å². The monoisotopic (exact) mass is 711 g/mol. The van der Waals surface area contributed by atoms with Gasteiger partial charge in [-0.05, 0) is 147 Å². The average molecular weight is 712 g/mol. The van der Waals surface area contributed by atoms with Crippen LogP contribution in [0.1, 0.15) is 75.0 Å². The van der Waals surface area contributed by atoms with Gasteiger partial charge in [-0.1, -0.05) is 154 Å². The third kappa shape index (κ3) is 5.67. The molecule has 2 bridgehead atoms. The molecule has 0 saturated heterocycles. The van der Waals surface area contributed by atoms with Gasteiger partial charge in [0.2, 0.25) is 0 Å². The van der Waals surface area contributed by atoms with Crippen molar-refractivity contribution in [3.63, 3.8) is 0 Å². The summed E-state index contributed by atoms with van der Waals surface area (Å²) in [6, 6.07) is 63.8. The maximum Gasteiger partial charge on any atom is 0.0465 e. The molecule has 3 unspecified atom stereocenters. The Bertz CT molecular complexity index is 2400. The quantitative estimate of drug-likeness (QED) is 0.144. The Morgan fingerprint density at radius 2 is 1.04 bits per heavy atom. The summed E-state index contributed by atoms with van der Waals surface area (Å²) in [7, 11) is 0. The number of anilines is 3. The highest BCUT2D eigenvalue weighted by molar-refractivity contribution is 5.95. The molecule has 0 aliphatic heterocycles. The Labute approximate surface area is 327 Å². The van der Waals surface area contributed by atoms with Crippen molar-refractivity contribution in [2.45, 2.75) is 63.7 Å². The van der Waals surface area contributed by atoms with Gasteiger partial charge in [-0.2, -0.15) is 0 Å². The molecule has 3 atom stereocenters. The summed E-state index contributed by atoms with van der Waals surface area (Å²) < 4.78 is 0. The number of rotatable bonds is 9. The van der Waals surface area contributed by atoms with Crippen molar-refractivity contribution in [2.24, 2.45) is 11.8 Å². The van der Waals surface area contributed by atoms with E-state index < -0.39 is 0 Å². The molecule has 2 saturated carbocycles. The van der Waals surface area contributed by atoms with Gasteiger partial charge >= 0.3 is 0 Å². The Morgan fingerprint density at radius 1 is 0.473 bits per heavy atom. The van der Waals surface area contributed by atoms with Crippen LogP contribution >= 0.6 is 0 Å². The number of fused-ring (bicyclic) bond motifs is 5. The summed E-state index contributed by atoms with van der Waals surface area (Å²) in [5.41, 5.74) is 18.3. The summed E-state index contributed by atoms with van der Waals surface area (Å²) in [6.45, 7) is 4.73. The first-order valence-corrected chi connectivity index (χ1v) is 20.6. The van der Waals surface area contributed by atoms with E-state index in [1.807, 2.05) is 0 Å². The Hall–Kier alpha value is -5.66. The number of hydrogen-bond donors (Lipinski definition) is 0. The van der Waals surface area contributed by atoms with E-state index in [1.54, 1.807) is 0 Å². The molecule has 7 aromatic rings. The van der Waals surface area contributed by atoms with Gasteiger partial charge in [-0.3, -0.25) is 0 Å². The summed E-state index contributed by atoms with van der Waals surface area (Å²) in [4.78, 5) is 2.49. The van der Waals surface area contributed by atoms with Gasteiger partial charge in [0.25, 0.3) is 0 Å². The highest BCUT2D eigenvalue weighted by Gasteiger charge is 2.41. The standard InChI is InChI=1S/C54H49N/c1-3-54(4-2)51-21-12-11-18-48(51)49-33-32-45(36-52(49)54)55(43-28-24-40(25-29-43)50-35-37-22-23-42(50)34-37)44-30-26-41(27-31-44)53-46(38-14-7-5-8-15-38)19-13-20-47(53)39-16-9-6-10-17-39/h5-21,24-33,36-37,42,50H,3-4,22-23,34-35H2,1-2H3. The predicted molar refractivity (Wildman–Crippen MR) is 232 cm³/mol. The molecule has 7 aromatic carbocycles. The first-order valence-electron chi connectivity index (χ1n) is 20.6. The lowest BCUT2D eigenvalue weighted by molar-refractivity contribution is 0.420. The number of hydrogen-bond acceptors (Lipinski definition) is 1. The SMILES string of the molecule is CCC1(CC)c2ccccc2-c2ccc(N(c3ccc(-c4c(-c5ccccc5)cccc4-c4ccccc4)cc3)c3ccc(C4CC5CCC4C5)cc3)cc21. The normalized spacial score (nSPS) is 18.9. The molecule has 1 heteroatoms. The van der Waals surface area contributed by atoms with E-state index in [9.17, 15) is 0 Å². The van der Waals surface area contributed by atoms with Crippen LogP contribution < -0.4 is 4.90 Å². The van der Waals surface area contributed by atoms with Gasteiger partial charge in [0.15, 0.2) is 0 Å². The zero-order valence-corrected chi connectivity index (χ0v) is 32.1. The lowest BCUT2D eigenvalue weighted by Crippen LogP contribution is -2.23. The minimum atomic E-state index is 0.0120. The van der Waals surface area contributed by atoms with Gasteiger partial charge in [0.05, 0.1) is 0 Å². The van der Waals surface area contributed by atoms with Crippen molar-refractivity contribution in [1.82, 2.24) is 0 Å². The molecule has 0 radical (unpaired) electrons. The van der Waals surface area contributed by atoms with Crippen LogP contribution in [0.5, 0.6) is 0 Å². The molecular weight excluding hydrogens is 663 g/mol. The van der Waals surface area contributed by atoms with Gasteiger partial charge in [0.1, 0.15) is 0 Å².